The molecule has 3 aromatic rings. The molecule has 214 valence electrons. The highest BCUT2D eigenvalue weighted by molar-refractivity contribution is 6.35. The summed E-state index contributed by atoms with van der Waals surface area (Å²) in [5.74, 6) is -2.68. The van der Waals surface area contributed by atoms with Crippen molar-refractivity contribution < 1.29 is 24.2 Å². The third kappa shape index (κ3) is 6.62. The number of allylic oxidation sites excluding steroid dienone is 1. The summed E-state index contributed by atoms with van der Waals surface area (Å²) in [5, 5.41) is 9.22. The minimum Gasteiger partial charge on any atom is -0.466 e. The van der Waals surface area contributed by atoms with E-state index in [0.29, 0.717) is 45.3 Å². The zero-order valence-corrected chi connectivity index (χ0v) is 24.0. The number of rotatable bonds is 6. The van der Waals surface area contributed by atoms with Crippen LogP contribution in [0.4, 0.5) is 0 Å². The van der Waals surface area contributed by atoms with Gasteiger partial charge in [-0.2, -0.15) is 0 Å². The summed E-state index contributed by atoms with van der Waals surface area (Å²) in [7, 11) is 0. The van der Waals surface area contributed by atoms with Crippen molar-refractivity contribution in [3.8, 4) is 0 Å². The lowest BCUT2D eigenvalue weighted by atomic mass is 9.76. The molecule has 2 amide bonds. The largest absolute Gasteiger partial charge is 0.466 e. The molecule has 0 saturated heterocycles. The topological polar surface area (TPSA) is 123 Å². The van der Waals surface area contributed by atoms with Crippen LogP contribution >= 0.6 is 23.2 Å². The Kier molecular flexibility index (Phi) is 10.2. The van der Waals surface area contributed by atoms with Gasteiger partial charge in [0.2, 0.25) is 5.91 Å². The van der Waals surface area contributed by atoms with Crippen molar-refractivity contribution in [2.24, 2.45) is 11.7 Å². The van der Waals surface area contributed by atoms with Gasteiger partial charge in [-0.3, -0.25) is 19.4 Å². The maximum Gasteiger partial charge on any atom is 0.311 e. The summed E-state index contributed by atoms with van der Waals surface area (Å²) in [5.41, 5.74) is 8.11. The molecule has 2 aliphatic rings. The fourth-order valence-electron chi connectivity index (χ4n) is 5.40. The molecule has 0 bridgehead atoms. The molecule has 0 radical (unpaired) electrons. The molecule has 1 aliphatic heterocycles. The summed E-state index contributed by atoms with van der Waals surface area (Å²) in [4.78, 5) is 45.0. The number of aromatic nitrogens is 1. The van der Waals surface area contributed by atoms with E-state index < -0.39 is 29.8 Å². The number of carbonyl (C=O) groups is 3. The van der Waals surface area contributed by atoms with Gasteiger partial charge in [-0.1, -0.05) is 65.7 Å². The van der Waals surface area contributed by atoms with Gasteiger partial charge in [0.15, 0.2) is 0 Å². The number of hydrogen-bond acceptors (Lipinski definition) is 6. The fraction of sp³-hybridized carbons (Fsp3) is 0.290. The predicted molar refractivity (Wildman–Crippen MR) is 156 cm³/mol. The van der Waals surface area contributed by atoms with E-state index in [-0.39, 0.29) is 25.1 Å². The number of amides is 2. The molecular weight excluding hydrogens is 565 g/mol. The highest BCUT2D eigenvalue weighted by Gasteiger charge is 2.49. The van der Waals surface area contributed by atoms with E-state index in [4.69, 9.17) is 38.8 Å². The molecule has 0 fully saturated rings. The van der Waals surface area contributed by atoms with E-state index in [1.54, 1.807) is 66.6 Å². The van der Waals surface area contributed by atoms with Crippen molar-refractivity contribution in [1.29, 1.82) is 0 Å². The number of aliphatic hydroxyl groups excluding tert-OH is 1. The fourth-order valence-corrected chi connectivity index (χ4v) is 5.92. The molecule has 2 aromatic carbocycles. The summed E-state index contributed by atoms with van der Waals surface area (Å²) in [6.07, 6.45) is 6.37. The Labute approximate surface area is 248 Å². The molecule has 1 aliphatic carbocycles. The average Bonchev–Trinajstić information content (AvgIpc) is 2.98. The lowest BCUT2D eigenvalue weighted by Crippen LogP contribution is -2.54. The quantitative estimate of drug-likeness (QED) is 0.297. The third-order valence-corrected chi connectivity index (χ3v) is 7.76. The van der Waals surface area contributed by atoms with Crippen molar-refractivity contribution in [3.63, 3.8) is 0 Å². The minimum absolute atomic E-state index is 0.0286. The Morgan fingerprint density at radius 3 is 2.41 bits per heavy atom. The summed E-state index contributed by atoms with van der Waals surface area (Å²) in [6.45, 7) is 2.01. The normalized spacial score (nSPS) is 21.4. The van der Waals surface area contributed by atoms with Crippen molar-refractivity contribution in [2.75, 3.05) is 6.61 Å². The van der Waals surface area contributed by atoms with E-state index in [2.05, 4.69) is 4.98 Å². The molecule has 0 spiro atoms. The molecule has 0 saturated carbocycles. The zero-order chi connectivity index (χ0) is 29.5. The smallest absolute Gasteiger partial charge is 0.311 e. The van der Waals surface area contributed by atoms with Crippen LogP contribution in [0.25, 0.3) is 0 Å². The molecule has 41 heavy (non-hydrogen) atoms. The summed E-state index contributed by atoms with van der Waals surface area (Å²) >= 11 is 12.7. The predicted octanol–water partition coefficient (Wildman–Crippen LogP) is 5.23. The van der Waals surface area contributed by atoms with Crippen LogP contribution in [0.5, 0.6) is 0 Å². The highest BCUT2D eigenvalue weighted by atomic mass is 35.5. The SMILES string of the molecule is CCOC(=O)C1CC=CCC1N1C(=O)c2ccccc2C(C(N)=O)C1c1ccc(Cl)cc1Cl.OCc1ccccn1. The molecule has 8 nitrogen and oxygen atoms in total. The minimum atomic E-state index is -0.855. The van der Waals surface area contributed by atoms with Crippen LogP contribution in [0.3, 0.4) is 0 Å². The van der Waals surface area contributed by atoms with Crippen LogP contribution in [-0.4, -0.2) is 45.4 Å². The van der Waals surface area contributed by atoms with Gasteiger partial charge in [0.1, 0.15) is 0 Å². The van der Waals surface area contributed by atoms with Gasteiger partial charge >= 0.3 is 5.97 Å². The second-order valence-electron chi connectivity index (χ2n) is 9.64. The number of fused-ring (bicyclic) bond motifs is 1. The maximum absolute atomic E-state index is 13.9. The van der Waals surface area contributed by atoms with Crippen LogP contribution in [0.1, 0.15) is 58.9 Å². The van der Waals surface area contributed by atoms with E-state index in [1.807, 2.05) is 24.3 Å². The van der Waals surface area contributed by atoms with Crippen LogP contribution in [-0.2, 0) is 20.9 Å². The number of ether oxygens (including phenoxy) is 1. The van der Waals surface area contributed by atoms with Crippen LogP contribution < -0.4 is 5.73 Å². The molecular formula is C31H31Cl2N3O5. The van der Waals surface area contributed by atoms with Gasteiger partial charge in [-0.05, 0) is 61.2 Å². The first-order valence-corrected chi connectivity index (χ1v) is 14.0. The monoisotopic (exact) mass is 595 g/mol. The van der Waals surface area contributed by atoms with Crippen molar-refractivity contribution in [2.45, 2.75) is 44.4 Å². The average molecular weight is 597 g/mol. The molecule has 4 unspecified atom stereocenters. The number of nitrogens with zero attached hydrogens (tertiary/aromatic N) is 2. The Bertz CT molecular complexity index is 1430. The highest BCUT2D eigenvalue weighted by Crippen LogP contribution is 2.47. The van der Waals surface area contributed by atoms with Crippen molar-refractivity contribution >= 4 is 41.0 Å². The molecule has 1 aromatic heterocycles. The van der Waals surface area contributed by atoms with Gasteiger partial charge in [0.05, 0.1) is 36.8 Å². The van der Waals surface area contributed by atoms with E-state index in [9.17, 15) is 14.4 Å². The van der Waals surface area contributed by atoms with Crippen LogP contribution in [0.2, 0.25) is 10.0 Å². The molecule has 3 N–H and O–H groups in total. The second kappa shape index (κ2) is 13.8. The summed E-state index contributed by atoms with van der Waals surface area (Å²) in [6, 6.07) is 16.0. The lowest BCUT2D eigenvalue weighted by Gasteiger charge is -2.47. The zero-order valence-electron chi connectivity index (χ0n) is 22.5. The number of aliphatic hydroxyl groups is 1. The van der Waals surface area contributed by atoms with E-state index in [1.165, 1.54) is 0 Å². The van der Waals surface area contributed by atoms with Crippen molar-refractivity contribution in [1.82, 2.24) is 9.88 Å². The first-order valence-electron chi connectivity index (χ1n) is 13.3. The van der Waals surface area contributed by atoms with Crippen LogP contribution in [0, 0.1) is 5.92 Å². The molecule has 5 rings (SSSR count). The number of nitrogens with two attached hydrogens (primary N) is 1. The van der Waals surface area contributed by atoms with E-state index in [0.717, 1.165) is 0 Å². The first kappa shape index (κ1) is 30.2. The molecule has 2 heterocycles. The number of esters is 1. The number of primary amides is 1. The van der Waals surface area contributed by atoms with Gasteiger partial charge in [-0.25, -0.2) is 0 Å². The standard InChI is InChI=1S/C25H24Cl2N2O4.C6H7NO/c1-2-33-25(32)18-9-5-6-10-20(18)29-22(17-12-11-14(26)13-19(17)27)21(23(28)30)15-7-3-4-8-16(15)24(29)31;8-5-6-3-1-2-4-7-6/h3-8,11-13,18,20-22H,2,9-10H2,1H3,(H2,28,30);1-4,8H,5H2. The first-order chi connectivity index (χ1) is 19.8. The number of carbonyl (C=O) groups excluding carboxylic acids is 3. The maximum atomic E-state index is 13.9. The second-order valence-corrected chi connectivity index (χ2v) is 10.5. The Hall–Kier alpha value is -3.72. The van der Waals surface area contributed by atoms with Gasteiger partial charge in [0, 0.05) is 27.8 Å². The number of halogens is 2. The number of pyridine rings is 1. The Morgan fingerprint density at radius 2 is 1.78 bits per heavy atom. The third-order valence-electron chi connectivity index (χ3n) is 7.20. The van der Waals surface area contributed by atoms with Gasteiger partial charge < -0.3 is 20.5 Å². The van der Waals surface area contributed by atoms with E-state index >= 15 is 0 Å². The number of hydrogen-bond donors (Lipinski definition) is 2. The Morgan fingerprint density at radius 1 is 1.05 bits per heavy atom. The van der Waals surface area contributed by atoms with Gasteiger partial charge in [-0.15, -0.1) is 0 Å². The van der Waals surface area contributed by atoms with Gasteiger partial charge in [0.25, 0.3) is 5.91 Å². The lowest BCUT2D eigenvalue weighted by molar-refractivity contribution is -0.150. The van der Waals surface area contributed by atoms with Crippen LogP contribution in [0.15, 0.2) is 79.0 Å². The Balaban J connectivity index is 0.000000417. The molecule has 4 atom stereocenters. The number of benzene rings is 2. The molecule has 10 heteroatoms. The summed E-state index contributed by atoms with van der Waals surface area (Å²) < 4.78 is 5.32. The van der Waals surface area contributed by atoms with Crippen molar-refractivity contribution in [3.05, 3.63) is 111 Å².